The minimum absolute atomic E-state index is 0.125. The number of hydrogen-bond donors (Lipinski definition) is 1. The topological polar surface area (TPSA) is 59.3 Å². The van der Waals surface area contributed by atoms with Crippen LogP contribution in [0.1, 0.15) is 16.1 Å². The highest BCUT2D eigenvalue weighted by atomic mass is 79.9. The number of hydrogen-bond acceptors (Lipinski definition) is 4. The number of halogens is 1. The number of carbonyl (C=O) groups excluding carboxylic acids is 2. The fraction of sp³-hybridized carbons (Fsp3) is 0.158. The molecule has 0 unspecified atom stereocenters. The van der Waals surface area contributed by atoms with Crippen LogP contribution in [0.2, 0.25) is 0 Å². The van der Waals surface area contributed by atoms with Gasteiger partial charge in [0.25, 0.3) is 0 Å². The molecule has 0 saturated carbocycles. The lowest BCUT2D eigenvalue weighted by Gasteiger charge is -2.05. The Kier molecular flexibility index (Phi) is 5.60. The lowest BCUT2D eigenvalue weighted by Crippen LogP contribution is -2.15. The standard InChI is InChI=1S/C19H16BrNO3S/c1-12-2-5-15(6-3-12)21-19(23)11-25-10-16(22)18-9-13-8-14(20)4-7-17(13)24-18/h2-9H,10-11H2,1H3,(H,21,23). The Balaban J connectivity index is 1.51. The number of fused-ring (bicyclic) bond motifs is 1. The van der Waals surface area contributed by atoms with Gasteiger partial charge in [-0.2, -0.15) is 0 Å². The third-order valence-corrected chi connectivity index (χ3v) is 4.98. The molecule has 128 valence electrons. The van der Waals surface area contributed by atoms with E-state index in [1.807, 2.05) is 49.4 Å². The number of furan rings is 1. The predicted octanol–water partition coefficient (Wildman–Crippen LogP) is 5.06. The molecule has 0 aliphatic carbocycles. The Morgan fingerprint density at radius 2 is 1.84 bits per heavy atom. The molecule has 1 N–H and O–H groups in total. The Hall–Kier alpha value is -2.05. The van der Waals surface area contributed by atoms with Crippen LogP contribution in [-0.2, 0) is 4.79 Å². The highest BCUT2D eigenvalue weighted by molar-refractivity contribution is 9.10. The smallest absolute Gasteiger partial charge is 0.234 e. The molecule has 0 saturated heterocycles. The van der Waals surface area contributed by atoms with Crippen molar-refractivity contribution < 1.29 is 14.0 Å². The van der Waals surface area contributed by atoms with Crippen molar-refractivity contribution in [2.75, 3.05) is 16.8 Å². The molecule has 0 radical (unpaired) electrons. The summed E-state index contributed by atoms with van der Waals surface area (Å²) in [4.78, 5) is 24.1. The van der Waals surface area contributed by atoms with Gasteiger partial charge in [-0.15, -0.1) is 11.8 Å². The number of thioether (sulfide) groups is 1. The van der Waals surface area contributed by atoms with Gasteiger partial charge in [-0.25, -0.2) is 0 Å². The zero-order valence-corrected chi connectivity index (χ0v) is 15.9. The molecule has 3 rings (SSSR count). The quantitative estimate of drug-likeness (QED) is 0.569. The van der Waals surface area contributed by atoms with Crippen molar-refractivity contribution in [2.45, 2.75) is 6.92 Å². The summed E-state index contributed by atoms with van der Waals surface area (Å²) in [5.74, 6) is 0.475. The van der Waals surface area contributed by atoms with Gasteiger partial charge >= 0.3 is 0 Å². The Labute approximate surface area is 158 Å². The van der Waals surface area contributed by atoms with Crippen molar-refractivity contribution in [3.8, 4) is 0 Å². The second-order valence-corrected chi connectivity index (χ2v) is 7.52. The first-order valence-electron chi connectivity index (χ1n) is 7.68. The lowest BCUT2D eigenvalue weighted by atomic mass is 10.2. The van der Waals surface area contributed by atoms with E-state index in [-0.39, 0.29) is 23.2 Å². The fourth-order valence-electron chi connectivity index (χ4n) is 2.29. The third-order valence-electron chi connectivity index (χ3n) is 3.55. The lowest BCUT2D eigenvalue weighted by molar-refractivity contribution is -0.113. The number of carbonyl (C=O) groups is 2. The van der Waals surface area contributed by atoms with Gasteiger partial charge < -0.3 is 9.73 Å². The van der Waals surface area contributed by atoms with E-state index in [1.165, 1.54) is 11.8 Å². The summed E-state index contributed by atoms with van der Waals surface area (Å²) in [5.41, 5.74) is 2.56. The van der Waals surface area contributed by atoms with E-state index in [9.17, 15) is 9.59 Å². The molecule has 0 atom stereocenters. The summed E-state index contributed by atoms with van der Waals surface area (Å²) >= 11 is 4.66. The molecule has 4 nitrogen and oxygen atoms in total. The van der Waals surface area contributed by atoms with Crippen molar-refractivity contribution >= 4 is 56.0 Å². The molecule has 0 bridgehead atoms. The van der Waals surface area contributed by atoms with E-state index in [1.54, 1.807) is 6.07 Å². The molecule has 1 heterocycles. The second-order valence-electron chi connectivity index (χ2n) is 5.62. The van der Waals surface area contributed by atoms with E-state index in [0.29, 0.717) is 11.3 Å². The highest BCUT2D eigenvalue weighted by Crippen LogP contribution is 2.24. The number of amides is 1. The molecule has 2 aromatic carbocycles. The second kappa shape index (κ2) is 7.89. The summed E-state index contributed by atoms with van der Waals surface area (Å²) < 4.78 is 6.50. The first kappa shape index (κ1) is 17.8. The molecule has 0 spiro atoms. The SMILES string of the molecule is Cc1ccc(NC(=O)CSCC(=O)c2cc3cc(Br)ccc3o2)cc1. The van der Waals surface area contributed by atoms with E-state index in [0.717, 1.165) is 21.1 Å². The molecule has 6 heteroatoms. The van der Waals surface area contributed by atoms with Gasteiger partial charge in [0.2, 0.25) is 11.7 Å². The summed E-state index contributed by atoms with van der Waals surface area (Å²) in [6, 6.07) is 14.9. The van der Waals surface area contributed by atoms with Crippen LogP contribution in [0.3, 0.4) is 0 Å². The van der Waals surface area contributed by atoms with Crippen LogP contribution in [0.25, 0.3) is 11.0 Å². The monoisotopic (exact) mass is 417 g/mol. The van der Waals surface area contributed by atoms with Crippen LogP contribution in [0.4, 0.5) is 5.69 Å². The third kappa shape index (κ3) is 4.74. The maximum atomic E-state index is 12.2. The van der Waals surface area contributed by atoms with Crippen molar-refractivity contribution in [3.05, 3.63) is 64.3 Å². The number of ketones is 1. The van der Waals surface area contributed by atoms with Crippen LogP contribution in [0.15, 0.2) is 57.4 Å². The van der Waals surface area contributed by atoms with Gasteiger partial charge in [-0.05, 0) is 43.3 Å². The zero-order valence-electron chi connectivity index (χ0n) is 13.5. The minimum atomic E-state index is -0.129. The number of aryl methyl sites for hydroxylation is 1. The van der Waals surface area contributed by atoms with Gasteiger partial charge in [-0.3, -0.25) is 9.59 Å². The predicted molar refractivity (Wildman–Crippen MR) is 105 cm³/mol. The van der Waals surface area contributed by atoms with Crippen molar-refractivity contribution in [1.82, 2.24) is 0 Å². The molecule has 1 aromatic heterocycles. The highest BCUT2D eigenvalue weighted by Gasteiger charge is 2.13. The minimum Gasteiger partial charge on any atom is -0.453 e. The van der Waals surface area contributed by atoms with E-state index in [4.69, 9.17) is 4.42 Å². The summed E-state index contributed by atoms with van der Waals surface area (Å²) in [6.45, 7) is 1.99. The number of rotatable bonds is 6. The van der Waals surface area contributed by atoms with Gasteiger partial charge in [0.05, 0.1) is 11.5 Å². The first-order valence-corrected chi connectivity index (χ1v) is 9.62. The van der Waals surface area contributed by atoms with E-state index >= 15 is 0 Å². The largest absolute Gasteiger partial charge is 0.453 e. The van der Waals surface area contributed by atoms with Crippen molar-refractivity contribution in [2.24, 2.45) is 0 Å². The average Bonchev–Trinajstić information content (AvgIpc) is 3.00. The molecule has 0 aliphatic rings. The van der Waals surface area contributed by atoms with E-state index < -0.39 is 0 Å². The molecule has 1 amide bonds. The van der Waals surface area contributed by atoms with Gasteiger partial charge in [0.15, 0.2) is 5.76 Å². The summed E-state index contributed by atoms with van der Waals surface area (Å²) in [6.07, 6.45) is 0. The molecule has 25 heavy (non-hydrogen) atoms. The Bertz CT molecular complexity index is 918. The van der Waals surface area contributed by atoms with Crippen LogP contribution in [0, 0.1) is 6.92 Å². The number of nitrogens with one attached hydrogen (secondary N) is 1. The normalized spacial score (nSPS) is 10.8. The summed E-state index contributed by atoms with van der Waals surface area (Å²) in [7, 11) is 0. The van der Waals surface area contributed by atoms with E-state index in [2.05, 4.69) is 21.2 Å². The Morgan fingerprint density at radius 1 is 1.08 bits per heavy atom. The van der Waals surface area contributed by atoms with Gasteiger partial charge in [0.1, 0.15) is 5.58 Å². The number of Topliss-reactive ketones (excluding diaryl/α,β-unsaturated/α-hetero) is 1. The maximum Gasteiger partial charge on any atom is 0.234 e. The molecule has 0 aliphatic heterocycles. The fourth-order valence-corrected chi connectivity index (χ4v) is 3.36. The van der Waals surface area contributed by atoms with Crippen molar-refractivity contribution in [1.29, 1.82) is 0 Å². The number of anilines is 1. The Morgan fingerprint density at radius 3 is 2.60 bits per heavy atom. The van der Waals surface area contributed by atoms with Gasteiger partial charge in [-0.1, -0.05) is 33.6 Å². The van der Waals surface area contributed by atoms with Gasteiger partial charge in [0, 0.05) is 15.5 Å². The van der Waals surface area contributed by atoms with Crippen LogP contribution in [0.5, 0.6) is 0 Å². The van der Waals surface area contributed by atoms with Crippen LogP contribution in [-0.4, -0.2) is 23.2 Å². The first-order chi connectivity index (χ1) is 12.0. The molecule has 3 aromatic rings. The molecule has 0 fully saturated rings. The molecular weight excluding hydrogens is 402 g/mol. The zero-order chi connectivity index (χ0) is 17.8. The number of benzene rings is 2. The van der Waals surface area contributed by atoms with Crippen LogP contribution >= 0.6 is 27.7 Å². The van der Waals surface area contributed by atoms with Crippen LogP contribution < -0.4 is 5.32 Å². The average molecular weight is 418 g/mol. The maximum absolute atomic E-state index is 12.2. The summed E-state index contributed by atoms with van der Waals surface area (Å²) in [5, 5.41) is 3.69. The molecular formula is C19H16BrNO3S. The van der Waals surface area contributed by atoms with Crippen molar-refractivity contribution in [3.63, 3.8) is 0 Å².